The van der Waals surface area contributed by atoms with E-state index >= 15 is 0 Å². The molecule has 0 atom stereocenters. The minimum absolute atomic E-state index is 0.570. The van der Waals surface area contributed by atoms with Gasteiger partial charge in [0.15, 0.2) is 0 Å². The van der Waals surface area contributed by atoms with Gasteiger partial charge in [-0.05, 0) is 23.8 Å². The van der Waals surface area contributed by atoms with Crippen LogP contribution in [0.25, 0.3) is 0 Å². The number of hydrogen-bond acceptors (Lipinski definition) is 3. The van der Waals surface area contributed by atoms with E-state index < -0.39 is 0 Å². The first-order valence-electron chi connectivity index (χ1n) is 5.28. The van der Waals surface area contributed by atoms with Gasteiger partial charge in [-0.3, -0.25) is 0 Å². The molecule has 0 aliphatic heterocycles. The molecule has 0 unspecified atom stereocenters. The topological polar surface area (TPSA) is 38.9 Å². The number of thioether (sulfide) groups is 1. The molecule has 2 nitrogen and oxygen atoms in total. The molecule has 0 fully saturated rings. The lowest BCUT2D eigenvalue weighted by molar-refractivity contribution is 1.18. The summed E-state index contributed by atoms with van der Waals surface area (Å²) in [5, 5.41) is 0.820. The number of pyridine rings is 1. The quantitative estimate of drug-likeness (QED) is 0.914. The molecule has 2 aromatic rings. The maximum absolute atomic E-state index is 6.08. The van der Waals surface area contributed by atoms with Crippen molar-refractivity contribution in [2.75, 3.05) is 5.73 Å². The predicted octanol–water partition coefficient (Wildman–Crippen LogP) is 3.75. The minimum atomic E-state index is 0.570. The molecule has 88 valence electrons. The molecule has 0 amide bonds. The molecule has 0 aliphatic carbocycles. The van der Waals surface area contributed by atoms with Crippen molar-refractivity contribution in [3.8, 4) is 0 Å². The molecule has 1 heterocycles. The van der Waals surface area contributed by atoms with Crippen LogP contribution in [0, 0.1) is 0 Å². The van der Waals surface area contributed by atoms with Crippen molar-refractivity contribution < 1.29 is 0 Å². The number of hydrogen-bond donors (Lipinski definition) is 1. The summed E-state index contributed by atoms with van der Waals surface area (Å²) in [5.41, 5.74) is 7.78. The van der Waals surface area contributed by atoms with Gasteiger partial charge in [-0.15, -0.1) is 0 Å². The van der Waals surface area contributed by atoms with Gasteiger partial charge in [0, 0.05) is 16.5 Å². The van der Waals surface area contributed by atoms with E-state index in [2.05, 4.69) is 4.98 Å². The maximum atomic E-state index is 6.08. The molecule has 4 heteroatoms. The van der Waals surface area contributed by atoms with Crippen LogP contribution in [-0.2, 0) is 11.5 Å². The second-order valence-electron chi connectivity index (χ2n) is 3.64. The van der Waals surface area contributed by atoms with E-state index in [0.29, 0.717) is 5.82 Å². The highest BCUT2D eigenvalue weighted by molar-refractivity contribution is 7.97. The third-order valence-electron chi connectivity index (χ3n) is 2.29. The standard InChI is InChI=1S/C13H13ClN2S/c14-12-6-2-1-4-10(12)8-17-9-11-5-3-7-13(15)16-11/h1-7H,8-9H2,(H2,15,16). The lowest BCUT2D eigenvalue weighted by atomic mass is 10.2. The van der Waals surface area contributed by atoms with Crippen LogP contribution in [0.5, 0.6) is 0 Å². The Labute approximate surface area is 110 Å². The highest BCUT2D eigenvalue weighted by Crippen LogP contribution is 2.22. The molecular weight excluding hydrogens is 252 g/mol. The van der Waals surface area contributed by atoms with Gasteiger partial charge in [0.25, 0.3) is 0 Å². The fourth-order valence-electron chi connectivity index (χ4n) is 1.46. The van der Waals surface area contributed by atoms with E-state index in [1.165, 1.54) is 0 Å². The number of rotatable bonds is 4. The van der Waals surface area contributed by atoms with Crippen molar-refractivity contribution in [1.29, 1.82) is 0 Å². The number of nitrogens with zero attached hydrogens (tertiary/aromatic N) is 1. The number of nitrogens with two attached hydrogens (primary N) is 1. The summed E-state index contributed by atoms with van der Waals surface area (Å²) in [6.07, 6.45) is 0. The van der Waals surface area contributed by atoms with E-state index in [-0.39, 0.29) is 0 Å². The van der Waals surface area contributed by atoms with Crippen molar-refractivity contribution in [1.82, 2.24) is 4.98 Å². The minimum Gasteiger partial charge on any atom is -0.384 e. The van der Waals surface area contributed by atoms with Gasteiger partial charge < -0.3 is 5.73 Å². The Morgan fingerprint density at radius 1 is 1.06 bits per heavy atom. The van der Waals surface area contributed by atoms with E-state index in [9.17, 15) is 0 Å². The third kappa shape index (κ3) is 3.65. The zero-order chi connectivity index (χ0) is 12.1. The van der Waals surface area contributed by atoms with Crippen LogP contribution in [0.3, 0.4) is 0 Å². The Kier molecular flexibility index (Phi) is 4.29. The summed E-state index contributed by atoms with van der Waals surface area (Å²) in [4.78, 5) is 4.25. The smallest absolute Gasteiger partial charge is 0.123 e. The fraction of sp³-hybridized carbons (Fsp3) is 0.154. The average Bonchev–Trinajstić information content (AvgIpc) is 2.32. The van der Waals surface area contributed by atoms with E-state index in [0.717, 1.165) is 27.8 Å². The molecule has 0 saturated heterocycles. The molecule has 0 spiro atoms. The summed E-state index contributed by atoms with van der Waals surface area (Å²) in [5.74, 6) is 2.30. The monoisotopic (exact) mass is 264 g/mol. The summed E-state index contributed by atoms with van der Waals surface area (Å²) in [6.45, 7) is 0. The van der Waals surface area contributed by atoms with E-state index in [4.69, 9.17) is 17.3 Å². The summed E-state index contributed by atoms with van der Waals surface area (Å²) in [6, 6.07) is 13.6. The highest BCUT2D eigenvalue weighted by Gasteiger charge is 2.00. The van der Waals surface area contributed by atoms with Crippen molar-refractivity contribution in [2.24, 2.45) is 0 Å². The highest BCUT2D eigenvalue weighted by atomic mass is 35.5. The molecule has 0 bridgehead atoms. The molecule has 17 heavy (non-hydrogen) atoms. The van der Waals surface area contributed by atoms with Gasteiger partial charge in [-0.2, -0.15) is 11.8 Å². The second kappa shape index (κ2) is 5.94. The molecule has 2 rings (SSSR count). The largest absolute Gasteiger partial charge is 0.384 e. The first-order valence-corrected chi connectivity index (χ1v) is 6.81. The Balaban J connectivity index is 1.90. The van der Waals surface area contributed by atoms with Crippen LogP contribution >= 0.6 is 23.4 Å². The van der Waals surface area contributed by atoms with Gasteiger partial charge in [-0.1, -0.05) is 35.9 Å². The lowest BCUT2D eigenvalue weighted by Gasteiger charge is -2.04. The van der Waals surface area contributed by atoms with Crippen LogP contribution in [-0.4, -0.2) is 4.98 Å². The normalized spacial score (nSPS) is 10.4. The number of benzene rings is 1. The molecule has 2 N–H and O–H groups in total. The van der Waals surface area contributed by atoms with E-state index in [1.807, 2.05) is 36.4 Å². The summed E-state index contributed by atoms with van der Waals surface area (Å²) < 4.78 is 0. The average molecular weight is 265 g/mol. The van der Waals surface area contributed by atoms with Crippen molar-refractivity contribution in [3.63, 3.8) is 0 Å². The SMILES string of the molecule is Nc1cccc(CSCc2ccccc2Cl)n1. The van der Waals surface area contributed by atoms with Crippen molar-refractivity contribution in [3.05, 3.63) is 58.7 Å². The zero-order valence-corrected chi connectivity index (χ0v) is 10.8. The van der Waals surface area contributed by atoms with Gasteiger partial charge in [0.1, 0.15) is 5.82 Å². The lowest BCUT2D eigenvalue weighted by Crippen LogP contribution is -1.93. The molecule has 1 aromatic carbocycles. The van der Waals surface area contributed by atoms with Crippen LogP contribution in [0.1, 0.15) is 11.3 Å². The first kappa shape index (κ1) is 12.3. The van der Waals surface area contributed by atoms with Gasteiger partial charge in [0.05, 0.1) is 5.69 Å². The molecule has 0 saturated carbocycles. The number of aromatic nitrogens is 1. The Morgan fingerprint density at radius 2 is 1.88 bits per heavy atom. The maximum Gasteiger partial charge on any atom is 0.123 e. The van der Waals surface area contributed by atoms with Crippen LogP contribution in [0.4, 0.5) is 5.82 Å². The van der Waals surface area contributed by atoms with Gasteiger partial charge in [-0.25, -0.2) is 4.98 Å². The second-order valence-corrected chi connectivity index (χ2v) is 5.03. The third-order valence-corrected chi connectivity index (χ3v) is 3.68. The molecule has 0 radical (unpaired) electrons. The van der Waals surface area contributed by atoms with Crippen molar-refractivity contribution in [2.45, 2.75) is 11.5 Å². The number of nitrogen functional groups attached to an aromatic ring is 1. The Hall–Kier alpha value is -1.19. The van der Waals surface area contributed by atoms with Crippen molar-refractivity contribution >= 4 is 29.2 Å². The van der Waals surface area contributed by atoms with E-state index in [1.54, 1.807) is 17.8 Å². The van der Waals surface area contributed by atoms with Gasteiger partial charge in [0.2, 0.25) is 0 Å². The summed E-state index contributed by atoms with van der Waals surface area (Å²) >= 11 is 7.86. The predicted molar refractivity (Wildman–Crippen MR) is 75.1 cm³/mol. The fourth-order valence-corrected chi connectivity index (χ4v) is 2.68. The zero-order valence-electron chi connectivity index (χ0n) is 9.27. The molecule has 0 aliphatic rings. The number of halogens is 1. The van der Waals surface area contributed by atoms with Gasteiger partial charge >= 0.3 is 0 Å². The van der Waals surface area contributed by atoms with Crippen LogP contribution in [0.15, 0.2) is 42.5 Å². The van der Waals surface area contributed by atoms with Crippen LogP contribution in [0.2, 0.25) is 5.02 Å². The Morgan fingerprint density at radius 3 is 2.65 bits per heavy atom. The summed E-state index contributed by atoms with van der Waals surface area (Å²) in [7, 11) is 0. The first-order chi connectivity index (χ1) is 8.25. The number of anilines is 1. The van der Waals surface area contributed by atoms with Crippen LogP contribution < -0.4 is 5.73 Å². The molecule has 1 aromatic heterocycles. The Bertz CT molecular complexity index is 502. The molecular formula is C13H13ClN2S.